The number of allylic oxidation sites excluding steroid dienone is 1. The molecular formula is C32H41N3. The van der Waals surface area contributed by atoms with Gasteiger partial charge >= 0.3 is 0 Å². The van der Waals surface area contributed by atoms with Crippen LogP contribution in [0.4, 0.5) is 11.4 Å². The predicted molar refractivity (Wildman–Crippen MR) is 153 cm³/mol. The molecule has 4 rings (SSSR count). The van der Waals surface area contributed by atoms with Crippen LogP contribution >= 0.6 is 0 Å². The monoisotopic (exact) mass is 467 g/mol. The molecule has 0 bridgehead atoms. The molecule has 0 saturated carbocycles. The lowest BCUT2D eigenvalue weighted by Crippen LogP contribution is -2.48. The summed E-state index contributed by atoms with van der Waals surface area (Å²) >= 11 is 0. The molecule has 1 saturated heterocycles. The van der Waals surface area contributed by atoms with Gasteiger partial charge in [0.25, 0.3) is 0 Å². The first kappa shape index (κ1) is 25.1. The van der Waals surface area contributed by atoms with Crippen LogP contribution in [0.15, 0.2) is 78.9 Å². The Labute approximate surface area is 212 Å². The highest BCUT2D eigenvalue weighted by Crippen LogP contribution is 2.38. The molecule has 0 atom stereocenters. The molecule has 1 heterocycles. The minimum absolute atomic E-state index is 0.393. The van der Waals surface area contributed by atoms with E-state index in [4.69, 9.17) is 0 Å². The summed E-state index contributed by atoms with van der Waals surface area (Å²) in [6.45, 7) is 13.6. The van der Waals surface area contributed by atoms with Gasteiger partial charge in [-0.1, -0.05) is 68.4 Å². The summed E-state index contributed by atoms with van der Waals surface area (Å²) in [6, 6.07) is 29.8. The van der Waals surface area contributed by atoms with E-state index in [2.05, 4.69) is 135 Å². The molecule has 0 N–H and O–H groups in total. The Hall–Kier alpha value is -3.04. The van der Waals surface area contributed by atoms with E-state index >= 15 is 0 Å². The maximum absolute atomic E-state index is 2.57. The zero-order chi connectivity index (χ0) is 24.9. The lowest BCUT2D eigenvalue weighted by Gasteiger charge is -2.38. The summed E-state index contributed by atoms with van der Waals surface area (Å²) in [5, 5.41) is 0. The molecule has 1 aliphatic heterocycles. The molecule has 0 aromatic heterocycles. The standard InChI is InChI=1S/C32H41N3/c1-24(2)31(26-10-8-7-9-11-26)32(27-12-16-29(17-13-27)33(5)6)28-14-18-30(19-15-28)35-22-20-34(21-23-35)25(3)4/h7-19,24-25H,20-23H2,1-6H3/b32-31-. The van der Waals surface area contributed by atoms with Gasteiger partial charge in [0, 0.05) is 57.7 Å². The van der Waals surface area contributed by atoms with Crippen LogP contribution in [0, 0.1) is 5.92 Å². The van der Waals surface area contributed by atoms with E-state index in [1.54, 1.807) is 0 Å². The topological polar surface area (TPSA) is 9.72 Å². The summed E-state index contributed by atoms with van der Waals surface area (Å²) in [6.07, 6.45) is 0. The summed E-state index contributed by atoms with van der Waals surface area (Å²) in [4.78, 5) is 7.25. The van der Waals surface area contributed by atoms with E-state index in [0.29, 0.717) is 12.0 Å². The summed E-state index contributed by atoms with van der Waals surface area (Å²) in [5.74, 6) is 0.393. The maximum atomic E-state index is 2.57. The predicted octanol–water partition coefficient (Wildman–Crippen LogP) is 6.90. The minimum Gasteiger partial charge on any atom is -0.378 e. The zero-order valence-corrected chi connectivity index (χ0v) is 22.3. The molecule has 0 amide bonds. The first-order valence-electron chi connectivity index (χ1n) is 13.0. The molecule has 3 heteroatoms. The van der Waals surface area contributed by atoms with Crippen molar-refractivity contribution in [2.45, 2.75) is 33.7 Å². The number of hydrogen-bond donors (Lipinski definition) is 0. The Morgan fingerprint density at radius 1 is 0.657 bits per heavy atom. The molecule has 0 spiro atoms. The summed E-state index contributed by atoms with van der Waals surface area (Å²) in [7, 11) is 4.18. The van der Waals surface area contributed by atoms with E-state index in [1.165, 1.54) is 39.2 Å². The molecule has 35 heavy (non-hydrogen) atoms. The Morgan fingerprint density at radius 3 is 1.69 bits per heavy atom. The number of piperazine rings is 1. The highest BCUT2D eigenvalue weighted by Gasteiger charge is 2.20. The van der Waals surface area contributed by atoms with Crippen LogP contribution in [0.3, 0.4) is 0 Å². The van der Waals surface area contributed by atoms with Crippen LogP contribution in [0.5, 0.6) is 0 Å². The van der Waals surface area contributed by atoms with Crippen molar-refractivity contribution in [3.63, 3.8) is 0 Å². The third-order valence-corrected chi connectivity index (χ3v) is 7.17. The Morgan fingerprint density at radius 2 is 1.20 bits per heavy atom. The fourth-order valence-corrected chi connectivity index (χ4v) is 5.12. The third kappa shape index (κ3) is 5.79. The third-order valence-electron chi connectivity index (χ3n) is 7.17. The van der Waals surface area contributed by atoms with Gasteiger partial charge in [-0.15, -0.1) is 0 Å². The Balaban J connectivity index is 1.74. The second kappa shape index (κ2) is 11.1. The van der Waals surface area contributed by atoms with Gasteiger partial charge in [0.15, 0.2) is 0 Å². The smallest absolute Gasteiger partial charge is 0.0367 e. The average molecular weight is 468 g/mol. The number of benzene rings is 3. The molecular weight excluding hydrogens is 426 g/mol. The van der Waals surface area contributed by atoms with Gasteiger partial charge in [-0.2, -0.15) is 0 Å². The molecule has 1 aliphatic rings. The van der Waals surface area contributed by atoms with Crippen molar-refractivity contribution >= 4 is 22.5 Å². The molecule has 0 unspecified atom stereocenters. The molecule has 3 aromatic rings. The van der Waals surface area contributed by atoms with E-state index in [-0.39, 0.29) is 0 Å². The second-order valence-corrected chi connectivity index (χ2v) is 10.4. The molecule has 0 radical (unpaired) electrons. The van der Waals surface area contributed by atoms with E-state index in [1.807, 2.05) is 0 Å². The fraction of sp³-hybridized carbons (Fsp3) is 0.375. The largest absolute Gasteiger partial charge is 0.378 e. The van der Waals surface area contributed by atoms with Crippen molar-refractivity contribution in [3.8, 4) is 0 Å². The van der Waals surface area contributed by atoms with Crippen LogP contribution in [0.1, 0.15) is 44.4 Å². The van der Waals surface area contributed by atoms with E-state index in [9.17, 15) is 0 Å². The lowest BCUT2D eigenvalue weighted by molar-refractivity contribution is 0.209. The second-order valence-electron chi connectivity index (χ2n) is 10.4. The zero-order valence-electron chi connectivity index (χ0n) is 22.3. The number of hydrogen-bond acceptors (Lipinski definition) is 3. The van der Waals surface area contributed by atoms with Gasteiger partial charge in [0.05, 0.1) is 0 Å². The minimum atomic E-state index is 0.393. The average Bonchev–Trinajstić information content (AvgIpc) is 2.88. The van der Waals surface area contributed by atoms with Crippen molar-refractivity contribution < 1.29 is 0 Å². The number of anilines is 2. The maximum Gasteiger partial charge on any atom is 0.0367 e. The lowest BCUT2D eigenvalue weighted by atomic mass is 9.84. The Bertz CT molecular complexity index is 1100. The molecule has 3 nitrogen and oxygen atoms in total. The first-order valence-corrected chi connectivity index (χ1v) is 13.0. The normalized spacial score (nSPS) is 15.5. The van der Waals surface area contributed by atoms with Gasteiger partial charge in [0.2, 0.25) is 0 Å². The van der Waals surface area contributed by atoms with Crippen molar-refractivity contribution in [1.29, 1.82) is 0 Å². The van der Waals surface area contributed by atoms with Crippen LogP contribution in [-0.4, -0.2) is 51.2 Å². The van der Waals surface area contributed by atoms with E-state index < -0.39 is 0 Å². The van der Waals surface area contributed by atoms with Crippen molar-refractivity contribution in [1.82, 2.24) is 4.90 Å². The molecule has 1 fully saturated rings. The molecule has 184 valence electrons. The van der Waals surface area contributed by atoms with Crippen LogP contribution < -0.4 is 9.80 Å². The number of rotatable bonds is 7. The SMILES string of the molecule is CC(C)/C(=C(\c1ccc(N(C)C)cc1)c1ccc(N2CCN(C(C)C)CC2)cc1)c1ccccc1. The summed E-state index contributed by atoms with van der Waals surface area (Å²) in [5.41, 5.74) is 9.10. The highest BCUT2D eigenvalue weighted by molar-refractivity contribution is 5.99. The summed E-state index contributed by atoms with van der Waals surface area (Å²) < 4.78 is 0. The first-order chi connectivity index (χ1) is 16.8. The van der Waals surface area contributed by atoms with Gasteiger partial charge in [-0.3, -0.25) is 4.90 Å². The highest BCUT2D eigenvalue weighted by atomic mass is 15.3. The quantitative estimate of drug-likeness (QED) is 0.350. The van der Waals surface area contributed by atoms with Crippen LogP contribution in [-0.2, 0) is 0 Å². The van der Waals surface area contributed by atoms with Crippen LogP contribution in [0.2, 0.25) is 0 Å². The van der Waals surface area contributed by atoms with Gasteiger partial charge < -0.3 is 9.80 Å². The van der Waals surface area contributed by atoms with Crippen molar-refractivity contribution in [3.05, 3.63) is 95.6 Å². The van der Waals surface area contributed by atoms with Gasteiger partial charge in [0.1, 0.15) is 0 Å². The van der Waals surface area contributed by atoms with Crippen LogP contribution in [0.25, 0.3) is 11.1 Å². The van der Waals surface area contributed by atoms with Gasteiger partial charge in [-0.25, -0.2) is 0 Å². The molecule has 0 aliphatic carbocycles. The van der Waals surface area contributed by atoms with E-state index in [0.717, 1.165) is 26.2 Å². The molecule has 3 aromatic carbocycles. The van der Waals surface area contributed by atoms with Gasteiger partial charge in [-0.05, 0) is 71.9 Å². The van der Waals surface area contributed by atoms with Crippen molar-refractivity contribution in [2.24, 2.45) is 5.92 Å². The fourth-order valence-electron chi connectivity index (χ4n) is 5.12. The number of nitrogens with zero attached hydrogens (tertiary/aromatic N) is 3. The van der Waals surface area contributed by atoms with Crippen molar-refractivity contribution in [2.75, 3.05) is 50.1 Å². The Kier molecular flexibility index (Phi) is 7.97.